The molecule has 0 aliphatic heterocycles. The molecule has 1 aromatic carbocycles. The summed E-state index contributed by atoms with van der Waals surface area (Å²) in [4.78, 5) is 12.7. The maximum atomic E-state index is 12.2. The van der Waals surface area contributed by atoms with Gasteiger partial charge >= 0.3 is 0 Å². The summed E-state index contributed by atoms with van der Waals surface area (Å²) in [5.41, 5.74) is 1.95. The topological polar surface area (TPSA) is 63.1 Å². The minimum Gasteiger partial charge on any atom is -0.270 e. The zero-order valence-corrected chi connectivity index (χ0v) is 11.0. The zero-order chi connectivity index (χ0) is 12.7. The second kappa shape index (κ2) is 4.11. The average molecular weight is 276 g/mol. The minimum atomic E-state index is -0.240. The van der Waals surface area contributed by atoms with Gasteiger partial charge in [0.2, 0.25) is 4.96 Å². The number of rotatable bonds is 1. The van der Waals surface area contributed by atoms with Crippen LogP contribution in [-0.4, -0.2) is 19.8 Å². The van der Waals surface area contributed by atoms with Crippen molar-refractivity contribution in [2.45, 2.75) is 6.92 Å². The van der Waals surface area contributed by atoms with Gasteiger partial charge in [0.1, 0.15) is 0 Å². The second-order valence-corrected chi connectivity index (χ2v) is 5.48. The molecule has 0 spiro atoms. The monoisotopic (exact) mass is 276 g/mol. The fourth-order valence-corrected chi connectivity index (χ4v) is 2.55. The number of hydrogen-bond donors (Lipinski definition) is 1. The molecule has 0 aliphatic rings. The third-order valence-corrected chi connectivity index (χ3v) is 3.61. The van der Waals surface area contributed by atoms with Crippen molar-refractivity contribution in [1.82, 2.24) is 19.8 Å². The lowest BCUT2D eigenvalue weighted by Gasteiger charge is -1.99. The summed E-state index contributed by atoms with van der Waals surface area (Å²) in [6.07, 6.45) is 0. The maximum absolute atomic E-state index is 12.2. The van der Waals surface area contributed by atoms with Crippen LogP contribution in [0.3, 0.4) is 0 Å². The Hall–Kier alpha value is -1.86. The van der Waals surface area contributed by atoms with E-state index in [1.54, 1.807) is 0 Å². The Labute approximate surface area is 111 Å². The van der Waals surface area contributed by atoms with E-state index < -0.39 is 0 Å². The smallest absolute Gasteiger partial charge is 0.270 e. The van der Waals surface area contributed by atoms with Crippen LogP contribution in [-0.2, 0) is 0 Å². The van der Waals surface area contributed by atoms with Gasteiger partial charge in [0.05, 0.1) is 0 Å². The molecular formula is C11H8N4OS2. The first-order valence-corrected chi connectivity index (χ1v) is 6.43. The number of nitrogens with zero attached hydrogens (tertiary/aromatic N) is 3. The van der Waals surface area contributed by atoms with E-state index in [0.29, 0.717) is 14.6 Å². The molecule has 0 bridgehead atoms. The number of nitrogens with one attached hydrogen (secondary N) is 1. The van der Waals surface area contributed by atoms with Gasteiger partial charge in [0.15, 0.2) is 9.65 Å². The van der Waals surface area contributed by atoms with E-state index in [4.69, 9.17) is 12.2 Å². The molecule has 0 amide bonds. The molecule has 3 aromatic rings. The van der Waals surface area contributed by atoms with Gasteiger partial charge < -0.3 is 0 Å². The molecule has 0 saturated heterocycles. The molecule has 2 aromatic heterocycles. The Morgan fingerprint density at radius 3 is 2.72 bits per heavy atom. The lowest BCUT2D eigenvalue weighted by Crippen LogP contribution is -2.18. The van der Waals surface area contributed by atoms with Gasteiger partial charge in [-0.05, 0) is 19.1 Å². The Balaban J connectivity index is 2.30. The van der Waals surface area contributed by atoms with Gasteiger partial charge in [0.25, 0.3) is 5.56 Å². The normalized spacial score (nSPS) is 10.9. The molecule has 0 atom stereocenters. The van der Waals surface area contributed by atoms with Crippen molar-refractivity contribution in [2.75, 3.05) is 0 Å². The van der Waals surface area contributed by atoms with E-state index in [-0.39, 0.29) is 5.56 Å². The predicted octanol–water partition coefficient (Wildman–Crippen LogP) is 2.18. The predicted molar refractivity (Wildman–Crippen MR) is 72.5 cm³/mol. The fourth-order valence-electron chi connectivity index (χ4n) is 1.63. The van der Waals surface area contributed by atoms with Crippen LogP contribution in [0.2, 0.25) is 0 Å². The molecular weight excluding hydrogens is 268 g/mol. The van der Waals surface area contributed by atoms with Crippen LogP contribution < -0.4 is 5.56 Å². The van der Waals surface area contributed by atoms with Crippen molar-refractivity contribution in [3.05, 3.63) is 44.1 Å². The molecule has 3 rings (SSSR count). The van der Waals surface area contributed by atoms with E-state index in [0.717, 1.165) is 11.1 Å². The van der Waals surface area contributed by atoms with Crippen LogP contribution in [0.4, 0.5) is 0 Å². The fraction of sp³-hybridized carbons (Fsp3) is 0.0909. The minimum absolute atomic E-state index is 0.240. The molecule has 0 unspecified atom stereocenters. The summed E-state index contributed by atoms with van der Waals surface area (Å²) in [7, 11) is 0. The molecule has 0 saturated carbocycles. The molecule has 0 fully saturated rings. The largest absolute Gasteiger partial charge is 0.300 e. The Kier molecular flexibility index (Phi) is 2.57. The van der Waals surface area contributed by atoms with Crippen molar-refractivity contribution in [3.63, 3.8) is 0 Å². The third-order valence-electron chi connectivity index (χ3n) is 2.54. The van der Waals surface area contributed by atoms with Crippen LogP contribution in [0.15, 0.2) is 29.1 Å². The summed E-state index contributed by atoms with van der Waals surface area (Å²) in [5, 5.41) is 10.8. The highest BCUT2D eigenvalue weighted by molar-refractivity contribution is 7.73. The number of fused-ring (bicyclic) bond motifs is 1. The molecule has 0 radical (unpaired) electrons. The Morgan fingerprint density at radius 2 is 2.00 bits per heavy atom. The lowest BCUT2D eigenvalue weighted by atomic mass is 10.1. The van der Waals surface area contributed by atoms with Crippen LogP contribution in [0.1, 0.15) is 5.56 Å². The summed E-state index contributed by atoms with van der Waals surface area (Å²) >= 11 is 6.21. The first-order chi connectivity index (χ1) is 8.65. The van der Waals surface area contributed by atoms with Crippen molar-refractivity contribution < 1.29 is 0 Å². The molecule has 18 heavy (non-hydrogen) atoms. The quantitative estimate of drug-likeness (QED) is 0.692. The zero-order valence-electron chi connectivity index (χ0n) is 9.38. The number of hydrogen-bond acceptors (Lipinski definition) is 5. The van der Waals surface area contributed by atoms with Crippen LogP contribution in [0, 0.1) is 10.9 Å². The number of aryl methyl sites for hydroxylation is 1. The highest BCUT2D eigenvalue weighted by Crippen LogP contribution is 2.14. The Bertz CT molecular complexity index is 829. The summed E-state index contributed by atoms with van der Waals surface area (Å²) < 4.78 is 1.83. The number of H-pyrrole nitrogens is 1. The molecule has 0 aliphatic carbocycles. The third kappa shape index (κ3) is 1.77. The molecule has 2 heterocycles. The summed E-state index contributed by atoms with van der Waals surface area (Å²) in [5.74, 6) is 0. The standard InChI is InChI=1S/C11H8N4OS2/c1-6-2-4-7(5-3-6)8-9(16)15-10(13-12-8)18-11(17)14-15/h2-5H,1H3,(H,14,17). The Morgan fingerprint density at radius 1 is 1.28 bits per heavy atom. The van der Waals surface area contributed by atoms with E-state index in [2.05, 4.69) is 15.3 Å². The first kappa shape index (κ1) is 11.2. The van der Waals surface area contributed by atoms with Crippen molar-refractivity contribution in [2.24, 2.45) is 0 Å². The van der Waals surface area contributed by atoms with Gasteiger partial charge in [-0.2, -0.15) is 4.52 Å². The van der Waals surface area contributed by atoms with Crippen molar-refractivity contribution in [1.29, 1.82) is 0 Å². The maximum Gasteiger partial charge on any atom is 0.300 e. The summed E-state index contributed by atoms with van der Waals surface area (Å²) in [6, 6.07) is 7.57. The van der Waals surface area contributed by atoms with E-state index in [1.807, 2.05) is 31.2 Å². The lowest BCUT2D eigenvalue weighted by molar-refractivity contribution is 0.855. The van der Waals surface area contributed by atoms with Crippen LogP contribution in [0.25, 0.3) is 16.2 Å². The average Bonchev–Trinajstić information content (AvgIpc) is 2.73. The molecule has 7 heteroatoms. The van der Waals surface area contributed by atoms with E-state index in [9.17, 15) is 4.79 Å². The van der Waals surface area contributed by atoms with E-state index in [1.165, 1.54) is 15.9 Å². The van der Waals surface area contributed by atoms with E-state index >= 15 is 0 Å². The van der Waals surface area contributed by atoms with Gasteiger partial charge in [-0.25, -0.2) is 0 Å². The van der Waals surface area contributed by atoms with Gasteiger partial charge in [-0.1, -0.05) is 41.2 Å². The van der Waals surface area contributed by atoms with Crippen LogP contribution >= 0.6 is 23.6 Å². The highest BCUT2D eigenvalue weighted by atomic mass is 32.1. The second-order valence-electron chi connectivity index (χ2n) is 3.84. The number of aromatic amines is 1. The summed E-state index contributed by atoms with van der Waals surface area (Å²) in [6.45, 7) is 1.99. The number of benzene rings is 1. The first-order valence-electron chi connectivity index (χ1n) is 5.21. The number of aromatic nitrogens is 4. The van der Waals surface area contributed by atoms with Gasteiger partial charge in [-0.3, -0.25) is 9.89 Å². The molecule has 1 N–H and O–H groups in total. The SMILES string of the molecule is Cc1ccc(-c2nnc3sc(=S)[nH]n3c2=O)cc1. The van der Waals surface area contributed by atoms with Gasteiger partial charge in [-0.15, -0.1) is 10.2 Å². The van der Waals surface area contributed by atoms with Gasteiger partial charge in [0, 0.05) is 5.56 Å². The molecule has 5 nitrogen and oxygen atoms in total. The highest BCUT2D eigenvalue weighted by Gasteiger charge is 2.10. The van der Waals surface area contributed by atoms with Crippen molar-refractivity contribution >= 4 is 28.5 Å². The molecule has 90 valence electrons. The van der Waals surface area contributed by atoms with Crippen LogP contribution in [0.5, 0.6) is 0 Å². The van der Waals surface area contributed by atoms with Crippen molar-refractivity contribution in [3.8, 4) is 11.3 Å².